The van der Waals surface area contributed by atoms with E-state index in [1.165, 1.54) is 0 Å². The zero-order valence-electron chi connectivity index (χ0n) is 9.06. The van der Waals surface area contributed by atoms with E-state index in [0.29, 0.717) is 6.54 Å². The number of rotatable bonds is 2. The van der Waals surface area contributed by atoms with Gasteiger partial charge in [-0.25, -0.2) is 0 Å². The van der Waals surface area contributed by atoms with Crippen molar-refractivity contribution < 1.29 is 9.47 Å². The van der Waals surface area contributed by atoms with Gasteiger partial charge in [-0.15, -0.1) is 0 Å². The van der Waals surface area contributed by atoms with Crippen molar-refractivity contribution in [2.75, 3.05) is 19.6 Å². The number of hydrogen-bond acceptors (Lipinski definition) is 4. The summed E-state index contributed by atoms with van der Waals surface area (Å²) in [6.07, 6.45) is 0.798. The zero-order chi connectivity index (χ0) is 10.9. The predicted molar refractivity (Wildman–Crippen MR) is 54.3 cm³/mol. The predicted octanol–water partition coefficient (Wildman–Crippen LogP) is 1.18. The van der Waals surface area contributed by atoms with Gasteiger partial charge in [0.15, 0.2) is 5.79 Å². The molecule has 0 aromatic heterocycles. The first kappa shape index (κ1) is 10.7. The van der Waals surface area contributed by atoms with Crippen LogP contribution in [0.25, 0.3) is 10.4 Å². The highest BCUT2D eigenvalue weighted by Gasteiger charge is 2.53. The minimum absolute atomic E-state index is 0.0215. The zero-order valence-corrected chi connectivity index (χ0v) is 9.06. The molecule has 2 heterocycles. The molecular weight excluding hydrogens is 196 g/mol. The summed E-state index contributed by atoms with van der Waals surface area (Å²) in [5.74, 6) is -0.582. The summed E-state index contributed by atoms with van der Waals surface area (Å²) in [5.41, 5.74) is 7.96. The second-order valence-electron chi connectivity index (χ2n) is 4.52. The largest absolute Gasteiger partial charge is 0.343 e. The smallest absolute Gasteiger partial charge is 0.164 e. The fourth-order valence-corrected chi connectivity index (χ4v) is 2.37. The number of fused-ring (bicyclic) bond motifs is 1. The molecule has 0 aromatic rings. The van der Waals surface area contributed by atoms with Gasteiger partial charge in [-0.2, -0.15) is 0 Å². The number of hydrogen-bond donors (Lipinski definition) is 1. The SMILES string of the molecule is CC1(C)O[C@@H]2CNCC[C@]2(CN=[N+]=[N-])O1. The summed E-state index contributed by atoms with van der Waals surface area (Å²) in [4.78, 5) is 2.80. The Balaban J connectivity index is 2.20. The molecule has 1 N–H and O–H groups in total. The van der Waals surface area contributed by atoms with Crippen LogP contribution in [0.2, 0.25) is 0 Å². The van der Waals surface area contributed by atoms with Crippen molar-refractivity contribution in [2.45, 2.75) is 37.8 Å². The van der Waals surface area contributed by atoms with Gasteiger partial charge in [0.05, 0.1) is 6.54 Å². The average Bonchev–Trinajstić information content (AvgIpc) is 2.45. The topological polar surface area (TPSA) is 79.2 Å². The molecule has 6 nitrogen and oxygen atoms in total. The second kappa shape index (κ2) is 3.64. The highest BCUT2D eigenvalue weighted by molar-refractivity contribution is 5.02. The molecule has 84 valence electrons. The lowest BCUT2D eigenvalue weighted by Gasteiger charge is -2.35. The Morgan fingerprint density at radius 3 is 3.13 bits per heavy atom. The van der Waals surface area contributed by atoms with Crippen molar-refractivity contribution in [1.82, 2.24) is 5.32 Å². The molecule has 0 spiro atoms. The maximum Gasteiger partial charge on any atom is 0.164 e. The maximum atomic E-state index is 8.39. The van der Waals surface area contributed by atoms with Crippen LogP contribution >= 0.6 is 0 Å². The normalized spacial score (nSPS) is 38.1. The van der Waals surface area contributed by atoms with Crippen molar-refractivity contribution in [2.24, 2.45) is 5.11 Å². The third-order valence-electron chi connectivity index (χ3n) is 2.92. The molecule has 0 amide bonds. The number of nitrogens with one attached hydrogen (secondary N) is 1. The van der Waals surface area contributed by atoms with Gasteiger partial charge in [0.1, 0.15) is 11.7 Å². The summed E-state index contributed by atoms with van der Waals surface area (Å²) < 4.78 is 11.7. The first-order valence-corrected chi connectivity index (χ1v) is 5.18. The van der Waals surface area contributed by atoms with E-state index in [1.807, 2.05) is 13.8 Å². The molecule has 0 bridgehead atoms. The molecular formula is C9H16N4O2. The van der Waals surface area contributed by atoms with E-state index in [0.717, 1.165) is 19.5 Å². The lowest BCUT2D eigenvalue weighted by Crippen LogP contribution is -2.54. The molecule has 2 saturated heterocycles. The third kappa shape index (κ3) is 1.94. The van der Waals surface area contributed by atoms with Crippen LogP contribution < -0.4 is 5.32 Å². The van der Waals surface area contributed by atoms with E-state index in [2.05, 4.69) is 15.3 Å². The number of azide groups is 1. The van der Waals surface area contributed by atoms with E-state index in [1.54, 1.807) is 0 Å². The van der Waals surface area contributed by atoms with Gasteiger partial charge < -0.3 is 14.8 Å². The third-order valence-corrected chi connectivity index (χ3v) is 2.92. The van der Waals surface area contributed by atoms with Crippen LogP contribution in [0, 0.1) is 0 Å². The van der Waals surface area contributed by atoms with Crippen molar-refractivity contribution in [3.05, 3.63) is 10.4 Å². The minimum atomic E-state index is -0.582. The van der Waals surface area contributed by atoms with Gasteiger partial charge in [0.25, 0.3) is 0 Å². The van der Waals surface area contributed by atoms with Gasteiger partial charge in [-0.05, 0) is 32.3 Å². The van der Waals surface area contributed by atoms with Gasteiger partial charge >= 0.3 is 0 Å². The first-order chi connectivity index (χ1) is 7.08. The molecule has 2 aliphatic heterocycles. The van der Waals surface area contributed by atoms with Gasteiger partial charge in [0.2, 0.25) is 0 Å². The molecule has 15 heavy (non-hydrogen) atoms. The van der Waals surface area contributed by atoms with Crippen LogP contribution in [-0.4, -0.2) is 37.1 Å². The molecule has 2 fully saturated rings. The fourth-order valence-electron chi connectivity index (χ4n) is 2.37. The quantitative estimate of drug-likeness (QED) is 0.424. The van der Waals surface area contributed by atoms with Crippen LogP contribution in [0.4, 0.5) is 0 Å². The molecule has 2 rings (SSSR count). The van der Waals surface area contributed by atoms with Crippen LogP contribution in [0.3, 0.4) is 0 Å². The van der Waals surface area contributed by atoms with E-state index in [4.69, 9.17) is 15.0 Å². The van der Waals surface area contributed by atoms with Gasteiger partial charge in [-0.3, -0.25) is 0 Å². The van der Waals surface area contributed by atoms with Crippen LogP contribution in [-0.2, 0) is 9.47 Å². The summed E-state index contributed by atoms with van der Waals surface area (Å²) in [7, 11) is 0. The van der Waals surface area contributed by atoms with E-state index in [-0.39, 0.29) is 6.10 Å². The van der Waals surface area contributed by atoms with E-state index in [9.17, 15) is 0 Å². The van der Waals surface area contributed by atoms with Crippen molar-refractivity contribution in [1.29, 1.82) is 0 Å². The molecule has 2 atom stereocenters. The minimum Gasteiger partial charge on any atom is -0.343 e. The lowest BCUT2D eigenvalue weighted by molar-refractivity contribution is -0.161. The lowest BCUT2D eigenvalue weighted by atomic mass is 9.90. The maximum absolute atomic E-state index is 8.39. The highest BCUT2D eigenvalue weighted by Crippen LogP contribution is 2.40. The molecule has 0 aliphatic carbocycles. The Bertz CT molecular complexity index is 300. The second-order valence-corrected chi connectivity index (χ2v) is 4.52. The summed E-state index contributed by atoms with van der Waals surface area (Å²) in [6, 6.07) is 0. The summed E-state index contributed by atoms with van der Waals surface area (Å²) in [6.45, 7) is 5.76. The average molecular weight is 212 g/mol. The van der Waals surface area contributed by atoms with Crippen molar-refractivity contribution in [3.8, 4) is 0 Å². The van der Waals surface area contributed by atoms with E-state index < -0.39 is 11.4 Å². The Labute approximate surface area is 88.6 Å². The first-order valence-electron chi connectivity index (χ1n) is 5.18. The van der Waals surface area contributed by atoms with Crippen LogP contribution in [0.15, 0.2) is 5.11 Å². The monoisotopic (exact) mass is 212 g/mol. The van der Waals surface area contributed by atoms with Crippen LogP contribution in [0.1, 0.15) is 20.3 Å². The highest BCUT2D eigenvalue weighted by atomic mass is 16.8. The summed E-state index contributed by atoms with van der Waals surface area (Å²) in [5, 5.41) is 6.90. The summed E-state index contributed by atoms with van der Waals surface area (Å²) >= 11 is 0. The molecule has 2 aliphatic rings. The number of ether oxygens (including phenoxy) is 2. The Morgan fingerprint density at radius 2 is 2.40 bits per heavy atom. The molecule has 6 heteroatoms. The van der Waals surface area contributed by atoms with Gasteiger partial charge in [-0.1, -0.05) is 5.11 Å². The fraction of sp³-hybridized carbons (Fsp3) is 1.00. The Morgan fingerprint density at radius 1 is 1.60 bits per heavy atom. The molecule has 0 aromatic carbocycles. The number of nitrogens with zero attached hydrogens (tertiary/aromatic N) is 3. The molecule has 0 radical (unpaired) electrons. The number of piperidine rings is 1. The molecule has 0 unspecified atom stereocenters. The van der Waals surface area contributed by atoms with Crippen molar-refractivity contribution in [3.63, 3.8) is 0 Å². The Hall–Kier alpha value is -0.810. The molecule has 0 saturated carbocycles. The standard InChI is InChI=1S/C9H16N4O2/c1-8(2)14-7-5-11-4-3-9(7,15-8)6-12-13-10/h7,11H,3-6H2,1-2H3/t7-,9-/m1/s1. The van der Waals surface area contributed by atoms with Gasteiger partial charge in [0, 0.05) is 11.5 Å². The van der Waals surface area contributed by atoms with Crippen molar-refractivity contribution >= 4 is 0 Å². The van der Waals surface area contributed by atoms with Crippen LogP contribution in [0.5, 0.6) is 0 Å². The van der Waals surface area contributed by atoms with E-state index >= 15 is 0 Å². The Kier molecular flexibility index (Phi) is 2.60.